The van der Waals surface area contributed by atoms with E-state index in [1.165, 1.54) is 36.6 Å². The summed E-state index contributed by atoms with van der Waals surface area (Å²) in [5.41, 5.74) is 1.42. The molecular formula is C18H19ClN6O5S. The van der Waals surface area contributed by atoms with E-state index in [0.29, 0.717) is 16.8 Å². The first-order chi connectivity index (χ1) is 14.7. The van der Waals surface area contributed by atoms with Gasteiger partial charge in [-0.05, 0) is 19.9 Å². The van der Waals surface area contributed by atoms with E-state index in [4.69, 9.17) is 20.5 Å². The molecule has 0 saturated heterocycles. The van der Waals surface area contributed by atoms with Gasteiger partial charge in [0, 0.05) is 36.3 Å². The Labute approximate surface area is 183 Å². The van der Waals surface area contributed by atoms with Gasteiger partial charge < -0.3 is 8.92 Å². The lowest BCUT2D eigenvalue weighted by Gasteiger charge is -2.15. The van der Waals surface area contributed by atoms with E-state index in [1.807, 2.05) is 0 Å². The van der Waals surface area contributed by atoms with Crippen LogP contribution in [0.4, 0.5) is 10.6 Å². The molecule has 0 bridgehead atoms. The van der Waals surface area contributed by atoms with E-state index in [1.54, 1.807) is 26.0 Å². The van der Waals surface area contributed by atoms with E-state index in [9.17, 15) is 13.2 Å². The predicted molar refractivity (Wildman–Crippen MR) is 111 cm³/mol. The lowest BCUT2D eigenvalue weighted by atomic mass is 10.2. The van der Waals surface area contributed by atoms with Crippen molar-refractivity contribution in [3.63, 3.8) is 0 Å². The van der Waals surface area contributed by atoms with E-state index in [2.05, 4.69) is 25.4 Å². The Morgan fingerprint density at radius 3 is 2.81 bits per heavy atom. The van der Waals surface area contributed by atoms with E-state index in [-0.39, 0.29) is 16.7 Å². The standard InChI is InChI=1S/C18H19ClN6O5S/c1-11-13(7-20-10-22-11)9-31(27,28)30-15-8-23-25(3)17(15)24-18(26)29-12(2)14-5-4-6-21-16(14)19/h4-8,10,12H,9H2,1-3H3,(H,24,26). The Morgan fingerprint density at radius 1 is 1.32 bits per heavy atom. The number of aryl methyl sites for hydroxylation is 2. The summed E-state index contributed by atoms with van der Waals surface area (Å²) in [6, 6.07) is 3.34. The fourth-order valence-corrected chi connectivity index (χ4v) is 3.98. The van der Waals surface area contributed by atoms with Crippen LogP contribution in [-0.4, -0.2) is 39.2 Å². The summed E-state index contributed by atoms with van der Waals surface area (Å²) in [4.78, 5) is 24.1. The summed E-state index contributed by atoms with van der Waals surface area (Å²) in [6.45, 7) is 3.28. The van der Waals surface area contributed by atoms with Crippen molar-refractivity contribution >= 4 is 33.6 Å². The first-order valence-electron chi connectivity index (χ1n) is 8.94. The number of anilines is 1. The van der Waals surface area contributed by atoms with Gasteiger partial charge in [0.05, 0.1) is 6.20 Å². The molecular weight excluding hydrogens is 448 g/mol. The van der Waals surface area contributed by atoms with Crippen molar-refractivity contribution in [3.8, 4) is 5.75 Å². The molecule has 1 amide bonds. The van der Waals surface area contributed by atoms with Crippen LogP contribution in [0.3, 0.4) is 0 Å². The van der Waals surface area contributed by atoms with Crippen molar-refractivity contribution in [2.45, 2.75) is 25.7 Å². The van der Waals surface area contributed by atoms with Crippen molar-refractivity contribution in [1.82, 2.24) is 24.7 Å². The third kappa shape index (κ3) is 5.67. The van der Waals surface area contributed by atoms with Gasteiger partial charge >= 0.3 is 16.2 Å². The van der Waals surface area contributed by atoms with Crippen LogP contribution < -0.4 is 9.50 Å². The minimum Gasteiger partial charge on any atom is -0.441 e. The Morgan fingerprint density at radius 2 is 2.10 bits per heavy atom. The summed E-state index contributed by atoms with van der Waals surface area (Å²) < 4.78 is 36.7. The third-order valence-corrected chi connectivity index (χ3v) is 5.61. The highest BCUT2D eigenvalue weighted by Gasteiger charge is 2.23. The van der Waals surface area contributed by atoms with Gasteiger partial charge in [-0.15, -0.1) is 0 Å². The molecule has 0 radical (unpaired) electrons. The number of aromatic nitrogens is 5. The van der Waals surface area contributed by atoms with Crippen molar-refractivity contribution in [2.75, 3.05) is 5.32 Å². The van der Waals surface area contributed by atoms with Crippen LogP contribution in [0.15, 0.2) is 37.1 Å². The number of nitrogens with zero attached hydrogens (tertiary/aromatic N) is 5. The molecule has 0 saturated carbocycles. The highest BCUT2D eigenvalue weighted by atomic mass is 35.5. The topological polar surface area (TPSA) is 138 Å². The molecule has 3 aromatic heterocycles. The summed E-state index contributed by atoms with van der Waals surface area (Å²) in [5.74, 6) is -0.616. The molecule has 164 valence electrons. The Kier molecular flexibility index (Phi) is 6.71. The SMILES string of the molecule is Cc1ncncc1CS(=O)(=O)Oc1cnn(C)c1NC(=O)OC(C)c1cccnc1Cl. The number of carbonyl (C=O) groups is 1. The van der Waals surface area contributed by atoms with Gasteiger partial charge in [-0.25, -0.2) is 24.4 Å². The number of ether oxygens (including phenoxy) is 1. The largest absolute Gasteiger partial charge is 0.441 e. The molecule has 13 heteroatoms. The van der Waals surface area contributed by atoms with Gasteiger partial charge in [0.1, 0.15) is 23.3 Å². The smallest absolute Gasteiger partial charge is 0.413 e. The quantitative estimate of drug-likeness (QED) is 0.411. The van der Waals surface area contributed by atoms with Crippen molar-refractivity contribution < 1.29 is 22.1 Å². The predicted octanol–water partition coefficient (Wildman–Crippen LogP) is 2.79. The average molecular weight is 467 g/mol. The molecule has 0 spiro atoms. The Hall–Kier alpha value is -3.25. The Bertz CT molecular complexity index is 1200. The van der Waals surface area contributed by atoms with Crippen LogP contribution in [0.25, 0.3) is 0 Å². The number of amides is 1. The molecule has 0 aliphatic carbocycles. The number of halogens is 1. The highest BCUT2D eigenvalue weighted by Crippen LogP contribution is 2.28. The van der Waals surface area contributed by atoms with Crippen molar-refractivity contribution in [3.05, 3.63) is 59.0 Å². The van der Waals surface area contributed by atoms with Gasteiger partial charge in [-0.3, -0.25) is 5.32 Å². The maximum atomic E-state index is 12.5. The molecule has 3 aromatic rings. The minimum absolute atomic E-state index is 0.000841. The minimum atomic E-state index is -4.08. The number of nitrogens with one attached hydrogen (secondary N) is 1. The van der Waals surface area contributed by atoms with E-state index >= 15 is 0 Å². The molecule has 1 N–H and O–H groups in total. The van der Waals surface area contributed by atoms with Crippen molar-refractivity contribution in [1.29, 1.82) is 0 Å². The number of hydrogen-bond acceptors (Lipinski definition) is 9. The molecule has 0 aliphatic heterocycles. The van der Waals surface area contributed by atoms with Gasteiger partial charge in [0.2, 0.25) is 5.75 Å². The van der Waals surface area contributed by atoms with Crippen LogP contribution in [0.1, 0.15) is 29.8 Å². The third-order valence-electron chi connectivity index (χ3n) is 4.20. The first-order valence-corrected chi connectivity index (χ1v) is 10.9. The second-order valence-electron chi connectivity index (χ2n) is 6.46. The summed E-state index contributed by atoms with van der Waals surface area (Å²) in [6.07, 6.45) is 3.84. The first kappa shape index (κ1) is 22.4. The van der Waals surface area contributed by atoms with Crippen LogP contribution >= 0.6 is 11.6 Å². The zero-order valence-corrected chi connectivity index (χ0v) is 18.4. The van der Waals surface area contributed by atoms with E-state index in [0.717, 1.165) is 0 Å². The lowest BCUT2D eigenvalue weighted by molar-refractivity contribution is 0.121. The fourth-order valence-electron chi connectivity index (χ4n) is 2.59. The highest BCUT2D eigenvalue weighted by molar-refractivity contribution is 7.86. The number of hydrogen-bond donors (Lipinski definition) is 1. The molecule has 11 nitrogen and oxygen atoms in total. The summed E-state index contributed by atoms with van der Waals surface area (Å²) in [5, 5.41) is 6.58. The summed E-state index contributed by atoms with van der Waals surface area (Å²) in [7, 11) is -2.57. The zero-order chi connectivity index (χ0) is 22.6. The van der Waals surface area contributed by atoms with E-state index < -0.39 is 28.1 Å². The zero-order valence-electron chi connectivity index (χ0n) is 16.8. The van der Waals surface area contributed by atoms with Gasteiger partial charge in [-0.1, -0.05) is 17.7 Å². The maximum absolute atomic E-state index is 12.5. The maximum Gasteiger partial charge on any atom is 0.413 e. The van der Waals surface area contributed by atoms with Crippen LogP contribution in [0.5, 0.6) is 5.75 Å². The lowest BCUT2D eigenvalue weighted by Crippen LogP contribution is -2.20. The number of rotatable bonds is 7. The number of pyridine rings is 1. The van der Waals surface area contributed by atoms with Crippen LogP contribution in [0, 0.1) is 6.92 Å². The van der Waals surface area contributed by atoms with Crippen molar-refractivity contribution in [2.24, 2.45) is 7.05 Å². The molecule has 0 aromatic carbocycles. The summed E-state index contributed by atoms with van der Waals surface area (Å²) >= 11 is 6.01. The monoisotopic (exact) mass is 466 g/mol. The van der Waals surface area contributed by atoms with Crippen LogP contribution in [0.2, 0.25) is 5.15 Å². The molecule has 3 heterocycles. The molecule has 1 unspecified atom stereocenters. The van der Waals surface area contributed by atoms with Crippen LogP contribution in [-0.2, 0) is 27.7 Å². The second-order valence-corrected chi connectivity index (χ2v) is 8.38. The molecule has 0 fully saturated rings. The molecule has 1 atom stereocenters. The fraction of sp³-hybridized carbons (Fsp3) is 0.278. The van der Waals surface area contributed by atoms with Gasteiger partial charge in [-0.2, -0.15) is 13.5 Å². The molecule has 3 rings (SSSR count). The van der Waals surface area contributed by atoms with Gasteiger partial charge in [0.15, 0.2) is 5.82 Å². The molecule has 0 aliphatic rings. The Balaban J connectivity index is 1.71. The molecule has 31 heavy (non-hydrogen) atoms. The number of carbonyl (C=O) groups excluding carboxylic acids is 1. The second kappa shape index (κ2) is 9.27. The normalized spacial score (nSPS) is 12.3. The van der Waals surface area contributed by atoms with Gasteiger partial charge in [0.25, 0.3) is 0 Å². The average Bonchev–Trinajstić information content (AvgIpc) is 3.02.